The number of nitriles is 2. The molecule has 0 aromatic heterocycles. The number of carbonyl (C=O) groups is 2. The van der Waals surface area contributed by atoms with Gasteiger partial charge in [0.15, 0.2) is 0 Å². The van der Waals surface area contributed by atoms with Crippen LogP contribution in [0.3, 0.4) is 0 Å². The van der Waals surface area contributed by atoms with E-state index in [4.69, 9.17) is 15.6 Å². The first-order valence-electron chi connectivity index (χ1n) is 4.09. The zero-order chi connectivity index (χ0) is 12.3. The molecule has 0 aliphatic rings. The third kappa shape index (κ3) is 9.84. The van der Waals surface area contributed by atoms with Gasteiger partial charge in [0.2, 0.25) is 0 Å². The van der Waals surface area contributed by atoms with E-state index in [2.05, 4.69) is 4.74 Å². The van der Waals surface area contributed by atoms with Gasteiger partial charge in [-0.2, -0.15) is 10.5 Å². The average Bonchev–Trinajstić information content (AvgIpc) is 2.20. The highest BCUT2D eigenvalue weighted by Gasteiger charge is 2.11. The minimum Gasteiger partial charge on any atom is -0.480 e. The summed E-state index contributed by atoms with van der Waals surface area (Å²) in [5.74, 6) is -2.34. The molecule has 0 radical (unpaired) electrons. The van der Waals surface area contributed by atoms with E-state index in [1.807, 2.05) is 0 Å². The Morgan fingerprint density at radius 2 is 2.00 bits per heavy atom. The molecule has 6 heteroatoms. The van der Waals surface area contributed by atoms with E-state index in [1.54, 1.807) is 19.1 Å². The van der Waals surface area contributed by atoms with Crippen LogP contribution in [0.1, 0.15) is 19.8 Å². The lowest BCUT2D eigenvalue weighted by Gasteiger charge is -1.93. The van der Waals surface area contributed by atoms with Crippen LogP contribution < -0.4 is 0 Å². The number of nitrogens with zero attached hydrogens (tertiary/aromatic N) is 2. The summed E-state index contributed by atoms with van der Waals surface area (Å²) >= 11 is 0. The van der Waals surface area contributed by atoms with E-state index in [0.717, 1.165) is 0 Å². The lowest BCUT2D eigenvalue weighted by molar-refractivity contribution is -0.140. The van der Waals surface area contributed by atoms with Gasteiger partial charge < -0.3 is 9.84 Å². The largest absolute Gasteiger partial charge is 0.480 e. The molecule has 0 spiro atoms. The fraction of sp³-hybridized carbons (Fsp3) is 0.556. The van der Waals surface area contributed by atoms with E-state index >= 15 is 0 Å². The van der Waals surface area contributed by atoms with Crippen molar-refractivity contribution in [3.05, 3.63) is 0 Å². The highest BCUT2D eigenvalue weighted by Crippen LogP contribution is 1.98. The maximum atomic E-state index is 9.97. The molecule has 0 saturated carbocycles. The second-order valence-electron chi connectivity index (χ2n) is 2.34. The maximum Gasteiger partial charge on any atom is 0.320 e. The molecular weight excluding hydrogens is 200 g/mol. The maximum absolute atomic E-state index is 9.97. The lowest BCUT2D eigenvalue weighted by atomic mass is 10.1. The molecule has 0 aliphatic carbocycles. The zero-order valence-electron chi connectivity index (χ0n) is 8.56. The Hall–Kier alpha value is -2.08. The van der Waals surface area contributed by atoms with Crippen molar-refractivity contribution in [1.29, 1.82) is 10.5 Å². The molecule has 0 aromatic rings. The predicted octanol–water partition coefficient (Wildman–Crippen LogP) is 0.694. The standard InChI is InChI=1S/C5H7NO2.C4H5NO2/c1-2-4(3-6)5(7)8;1-7-4(6)2-3-5/h4H,2H2,1H3,(H,7,8);2H2,1H3. The van der Waals surface area contributed by atoms with E-state index in [-0.39, 0.29) is 6.42 Å². The summed E-state index contributed by atoms with van der Waals surface area (Å²) in [5, 5.41) is 24.0. The van der Waals surface area contributed by atoms with Gasteiger partial charge >= 0.3 is 11.9 Å². The van der Waals surface area contributed by atoms with Gasteiger partial charge in [-0.25, -0.2) is 0 Å². The second kappa shape index (κ2) is 10.0. The van der Waals surface area contributed by atoms with Gasteiger partial charge in [0.1, 0.15) is 12.3 Å². The summed E-state index contributed by atoms with van der Waals surface area (Å²) in [6.45, 7) is 1.67. The number of hydrogen-bond acceptors (Lipinski definition) is 5. The van der Waals surface area contributed by atoms with Crippen LogP contribution in [-0.2, 0) is 14.3 Å². The van der Waals surface area contributed by atoms with E-state index in [1.165, 1.54) is 7.11 Å². The average molecular weight is 212 g/mol. The van der Waals surface area contributed by atoms with Crippen LogP contribution in [0.5, 0.6) is 0 Å². The Morgan fingerprint density at radius 1 is 1.47 bits per heavy atom. The van der Waals surface area contributed by atoms with Crippen molar-refractivity contribution < 1.29 is 19.4 Å². The number of carboxylic acid groups (broad SMARTS) is 1. The fourth-order valence-corrected chi connectivity index (χ4v) is 0.458. The summed E-state index contributed by atoms with van der Waals surface area (Å²) in [7, 11) is 1.25. The molecule has 0 bridgehead atoms. The quantitative estimate of drug-likeness (QED) is 0.689. The molecule has 0 rings (SSSR count). The third-order valence-corrected chi connectivity index (χ3v) is 1.31. The second-order valence-corrected chi connectivity index (χ2v) is 2.34. The first-order chi connectivity index (χ1) is 7.03. The van der Waals surface area contributed by atoms with Gasteiger partial charge in [-0.05, 0) is 6.42 Å². The first kappa shape index (κ1) is 15.4. The summed E-state index contributed by atoms with van der Waals surface area (Å²) in [6.07, 6.45) is 0.225. The summed E-state index contributed by atoms with van der Waals surface area (Å²) in [5.41, 5.74) is 0. The van der Waals surface area contributed by atoms with E-state index in [9.17, 15) is 9.59 Å². The van der Waals surface area contributed by atoms with Crippen molar-refractivity contribution in [2.45, 2.75) is 19.8 Å². The monoisotopic (exact) mass is 212 g/mol. The van der Waals surface area contributed by atoms with Crippen molar-refractivity contribution in [3.63, 3.8) is 0 Å². The molecular formula is C9H12N2O4. The molecule has 6 nitrogen and oxygen atoms in total. The Labute approximate surface area is 87.7 Å². The van der Waals surface area contributed by atoms with Crippen molar-refractivity contribution in [2.24, 2.45) is 5.92 Å². The number of methoxy groups -OCH3 is 1. The lowest BCUT2D eigenvalue weighted by Crippen LogP contribution is -2.09. The third-order valence-electron chi connectivity index (χ3n) is 1.31. The minimum atomic E-state index is -1.03. The Kier molecular flexibility index (Phi) is 10.3. The van der Waals surface area contributed by atoms with Crippen LogP contribution in [0, 0.1) is 28.6 Å². The molecule has 82 valence electrons. The number of rotatable bonds is 3. The van der Waals surface area contributed by atoms with Crippen LogP contribution in [0.2, 0.25) is 0 Å². The Morgan fingerprint density at radius 3 is 2.07 bits per heavy atom. The van der Waals surface area contributed by atoms with Gasteiger partial charge in [0, 0.05) is 0 Å². The van der Waals surface area contributed by atoms with Gasteiger partial charge in [0.05, 0.1) is 19.2 Å². The molecule has 15 heavy (non-hydrogen) atoms. The smallest absolute Gasteiger partial charge is 0.320 e. The normalized spacial score (nSPS) is 9.60. The molecule has 0 amide bonds. The molecule has 1 atom stereocenters. The molecule has 0 aromatic carbocycles. The van der Waals surface area contributed by atoms with Crippen molar-refractivity contribution in [3.8, 4) is 12.1 Å². The van der Waals surface area contributed by atoms with Gasteiger partial charge in [-0.1, -0.05) is 6.92 Å². The SMILES string of the molecule is CCC(C#N)C(=O)O.COC(=O)CC#N. The number of ether oxygens (including phenoxy) is 1. The van der Waals surface area contributed by atoms with Crippen molar-refractivity contribution >= 4 is 11.9 Å². The number of carbonyl (C=O) groups excluding carboxylic acids is 1. The molecule has 0 heterocycles. The van der Waals surface area contributed by atoms with Crippen LogP contribution >= 0.6 is 0 Å². The summed E-state index contributed by atoms with van der Waals surface area (Å²) in [6, 6.07) is 3.30. The predicted molar refractivity (Wildman–Crippen MR) is 49.3 cm³/mol. The highest BCUT2D eigenvalue weighted by molar-refractivity contribution is 5.72. The van der Waals surface area contributed by atoms with Crippen LogP contribution in [0.15, 0.2) is 0 Å². The van der Waals surface area contributed by atoms with Crippen LogP contribution in [-0.4, -0.2) is 24.2 Å². The molecule has 0 fully saturated rings. The number of esters is 1. The van der Waals surface area contributed by atoms with Gasteiger partial charge in [0.25, 0.3) is 0 Å². The number of hydrogen-bond donors (Lipinski definition) is 1. The Bertz CT molecular complexity index is 287. The van der Waals surface area contributed by atoms with E-state index < -0.39 is 17.9 Å². The first-order valence-corrected chi connectivity index (χ1v) is 4.09. The Balaban J connectivity index is 0. The zero-order valence-corrected chi connectivity index (χ0v) is 8.56. The molecule has 0 aliphatic heterocycles. The van der Waals surface area contributed by atoms with Crippen LogP contribution in [0.25, 0.3) is 0 Å². The topological polar surface area (TPSA) is 111 Å². The van der Waals surface area contributed by atoms with Crippen molar-refractivity contribution in [2.75, 3.05) is 7.11 Å². The molecule has 0 saturated heterocycles. The van der Waals surface area contributed by atoms with Crippen LogP contribution in [0.4, 0.5) is 0 Å². The number of aliphatic carboxylic acids is 1. The fourth-order valence-electron chi connectivity index (χ4n) is 0.458. The summed E-state index contributed by atoms with van der Waals surface area (Å²) in [4.78, 5) is 19.9. The highest BCUT2D eigenvalue weighted by atomic mass is 16.5. The molecule has 1 N–H and O–H groups in total. The van der Waals surface area contributed by atoms with Gasteiger partial charge in [-0.15, -0.1) is 0 Å². The van der Waals surface area contributed by atoms with E-state index in [0.29, 0.717) is 6.42 Å². The minimum absolute atomic E-state index is 0.156. The summed E-state index contributed by atoms with van der Waals surface area (Å²) < 4.78 is 4.13. The van der Waals surface area contributed by atoms with Crippen molar-refractivity contribution in [1.82, 2.24) is 0 Å². The molecule has 1 unspecified atom stereocenters. The number of carboxylic acids is 1. The van der Waals surface area contributed by atoms with Gasteiger partial charge in [-0.3, -0.25) is 9.59 Å².